The Bertz CT molecular complexity index is 3730. The molecule has 0 saturated carbocycles. The van der Waals surface area contributed by atoms with E-state index in [0.717, 1.165) is 55.2 Å². The van der Waals surface area contributed by atoms with Gasteiger partial charge in [0.1, 0.15) is 0 Å². The molecule has 2 aromatic heterocycles. The molecule has 0 fully saturated rings. The van der Waals surface area contributed by atoms with Crippen LogP contribution in [0.25, 0.3) is 111 Å². The molecule has 0 bridgehead atoms. The van der Waals surface area contributed by atoms with Crippen LogP contribution in [-0.4, -0.2) is 19.5 Å². The van der Waals surface area contributed by atoms with Crippen LogP contribution in [0.2, 0.25) is 0 Å². The van der Waals surface area contributed by atoms with Gasteiger partial charge in [-0.15, -0.1) is 0 Å². The Morgan fingerprint density at radius 3 is 1.26 bits per heavy atom. The topological polar surface area (TPSA) is 119 Å². The lowest BCUT2D eigenvalue weighted by molar-refractivity contribution is 1.07. The summed E-state index contributed by atoms with van der Waals surface area (Å²) in [5.41, 5.74) is 12.5. The number of benzene rings is 9. The minimum absolute atomic E-state index is 0.284. The lowest BCUT2D eigenvalue weighted by atomic mass is 9.88. The summed E-state index contributed by atoms with van der Waals surface area (Å²) in [6.45, 7) is 7.87. The zero-order valence-electron chi connectivity index (χ0n) is 36.7. The second kappa shape index (κ2) is 17.6. The Morgan fingerprint density at radius 1 is 0.377 bits per heavy atom. The molecule has 69 heavy (non-hydrogen) atoms. The molecule has 0 saturated heterocycles. The summed E-state index contributed by atoms with van der Waals surface area (Å²) in [5, 5.41) is 33.9. The van der Waals surface area contributed by atoms with Gasteiger partial charge in [-0.1, -0.05) is 152 Å². The number of hydrogen-bond acceptors (Lipinski definition) is 6. The molecule has 8 heteroatoms. The largest absolute Gasteiger partial charge is 0.308 e. The SMILES string of the molecule is [C-]#[N+]c1ccc(-c2cc(-c3nc(-c4ccccc4)nc(-c4ccccc4)n3)cc(-c3ccc(C#N)cc3C#N)c2-n2c3ccc(-c4ccccc4)cc3c3cc(-c4ccccc4)ccc32)c(C#N)c1. The second-order valence-corrected chi connectivity index (χ2v) is 16.4. The quantitative estimate of drug-likeness (QED) is 0.140. The van der Waals surface area contributed by atoms with Gasteiger partial charge in [0.2, 0.25) is 0 Å². The molecule has 9 aromatic carbocycles. The van der Waals surface area contributed by atoms with Crippen molar-refractivity contribution in [3.63, 3.8) is 0 Å². The van der Waals surface area contributed by atoms with Gasteiger partial charge in [-0.3, -0.25) is 0 Å². The van der Waals surface area contributed by atoms with Crippen LogP contribution in [0.3, 0.4) is 0 Å². The maximum atomic E-state index is 10.9. The van der Waals surface area contributed by atoms with E-state index in [-0.39, 0.29) is 11.1 Å². The molecule has 8 nitrogen and oxygen atoms in total. The van der Waals surface area contributed by atoms with Crippen LogP contribution in [0.15, 0.2) is 206 Å². The fraction of sp³-hybridized carbons (Fsp3) is 0. The number of fused-ring (bicyclic) bond motifs is 3. The fourth-order valence-electron chi connectivity index (χ4n) is 9.11. The maximum Gasteiger partial charge on any atom is 0.188 e. The van der Waals surface area contributed by atoms with Gasteiger partial charge in [0.15, 0.2) is 23.2 Å². The third-order valence-electron chi connectivity index (χ3n) is 12.4. The van der Waals surface area contributed by atoms with Crippen molar-refractivity contribution in [2.24, 2.45) is 0 Å². The van der Waals surface area contributed by atoms with E-state index >= 15 is 0 Å². The van der Waals surface area contributed by atoms with Crippen molar-refractivity contribution in [1.82, 2.24) is 19.5 Å². The Labute approximate surface area is 398 Å². The van der Waals surface area contributed by atoms with E-state index in [1.54, 1.807) is 24.3 Å². The lowest BCUT2D eigenvalue weighted by Gasteiger charge is -2.22. The molecule has 0 N–H and O–H groups in total. The molecule has 0 amide bonds. The zero-order valence-corrected chi connectivity index (χ0v) is 36.7. The van der Waals surface area contributed by atoms with Crippen molar-refractivity contribution in [3.8, 4) is 103 Å². The summed E-state index contributed by atoms with van der Waals surface area (Å²) < 4.78 is 2.21. The van der Waals surface area contributed by atoms with Crippen LogP contribution in [-0.2, 0) is 0 Å². The van der Waals surface area contributed by atoms with Gasteiger partial charge in [0.05, 0.1) is 52.6 Å². The monoisotopic (exact) mass is 878 g/mol. The van der Waals surface area contributed by atoms with Crippen molar-refractivity contribution < 1.29 is 0 Å². The molecule has 11 aromatic rings. The van der Waals surface area contributed by atoms with Crippen molar-refractivity contribution >= 4 is 27.5 Å². The van der Waals surface area contributed by atoms with Crippen LogP contribution < -0.4 is 0 Å². The van der Waals surface area contributed by atoms with Crippen LogP contribution in [0, 0.1) is 40.6 Å². The van der Waals surface area contributed by atoms with Gasteiger partial charge < -0.3 is 4.57 Å². The van der Waals surface area contributed by atoms with Crippen molar-refractivity contribution in [3.05, 3.63) is 234 Å². The van der Waals surface area contributed by atoms with Crippen molar-refractivity contribution in [1.29, 1.82) is 15.8 Å². The highest BCUT2D eigenvalue weighted by molar-refractivity contribution is 6.13. The first-order chi connectivity index (χ1) is 34.0. The van der Waals surface area contributed by atoms with Gasteiger partial charge in [0.25, 0.3) is 0 Å². The summed E-state index contributed by atoms with van der Waals surface area (Å²) >= 11 is 0. The molecular formula is C61H34N8. The van der Waals surface area contributed by atoms with Crippen LogP contribution in [0.5, 0.6) is 0 Å². The number of aromatic nitrogens is 4. The zero-order chi connectivity index (χ0) is 46.8. The molecule has 0 spiro atoms. The van der Waals surface area contributed by atoms with Crippen LogP contribution in [0.4, 0.5) is 5.69 Å². The first kappa shape index (κ1) is 41.5. The summed E-state index contributed by atoms with van der Waals surface area (Å²) in [7, 11) is 0. The second-order valence-electron chi connectivity index (χ2n) is 16.4. The smallest absolute Gasteiger partial charge is 0.188 e. The molecule has 0 aliphatic carbocycles. The average molecular weight is 879 g/mol. The number of rotatable bonds is 8. The summed E-state index contributed by atoms with van der Waals surface area (Å²) in [5.74, 6) is 1.29. The highest BCUT2D eigenvalue weighted by atomic mass is 15.0. The van der Waals surface area contributed by atoms with Gasteiger partial charge >= 0.3 is 0 Å². The normalized spacial score (nSPS) is 10.8. The third kappa shape index (κ3) is 7.59. The van der Waals surface area contributed by atoms with Gasteiger partial charge in [0, 0.05) is 49.7 Å². The maximum absolute atomic E-state index is 10.9. The van der Waals surface area contributed by atoms with E-state index in [1.165, 1.54) is 0 Å². The van der Waals surface area contributed by atoms with Gasteiger partial charge in [-0.05, 0) is 82.4 Å². The summed E-state index contributed by atoms with van der Waals surface area (Å²) in [4.78, 5) is 18.9. The van der Waals surface area contributed by atoms with E-state index in [0.29, 0.717) is 62.2 Å². The van der Waals surface area contributed by atoms with E-state index in [1.807, 2.05) is 121 Å². The number of nitriles is 3. The summed E-state index contributed by atoms with van der Waals surface area (Å²) in [6, 6.07) is 74.2. The molecule has 0 unspecified atom stereocenters. The standard InChI is InChI=1S/C61H34N8/c1-65-49-25-27-51(48(31-49)38-64)55-35-46(61-67-59(42-18-10-4-11-19-42)66-60(68-61)43-20-12-5-13-21-43)34-54(50-26-22-39(36-62)30-47(50)37-63)58(55)69-56-28-23-44(40-14-6-2-7-15-40)32-52(56)53-33-45(24-29-57(53)69)41-16-8-3-9-17-41/h2-35H. The molecule has 0 radical (unpaired) electrons. The third-order valence-corrected chi connectivity index (χ3v) is 12.4. The predicted molar refractivity (Wildman–Crippen MR) is 273 cm³/mol. The highest BCUT2D eigenvalue weighted by Crippen LogP contribution is 2.47. The van der Waals surface area contributed by atoms with E-state index in [2.05, 4.69) is 88.3 Å². The molecule has 0 atom stereocenters. The molecule has 11 rings (SSSR count). The highest BCUT2D eigenvalue weighted by Gasteiger charge is 2.26. The Morgan fingerprint density at radius 2 is 0.812 bits per heavy atom. The minimum Gasteiger partial charge on any atom is -0.308 e. The van der Waals surface area contributed by atoms with E-state index in [9.17, 15) is 15.8 Å². The van der Waals surface area contributed by atoms with Crippen molar-refractivity contribution in [2.75, 3.05) is 0 Å². The molecular weight excluding hydrogens is 845 g/mol. The fourth-order valence-corrected chi connectivity index (χ4v) is 9.11. The molecule has 318 valence electrons. The summed E-state index contributed by atoms with van der Waals surface area (Å²) in [6.07, 6.45) is 0. The van der Waals surface area contributed by atoms with Crippen LogP contribution in [0.1, 0.15) is 16.7 Å². The Balaban J connectivity index is 1.31. The molecule has 0 aliphatic rings. The predicted octanol–water partition coefficient (Wildman–Crippen LogP) is 14.8. The lowest BCUT2D eigenvalue weighted by Crippen LogP contribution is -2.05. The van der Waals surface area contributed by atoms with E-state index in [4.69, 9.17) is 21.5 Å². The van der Waals surface area contributed by atoms with Gasteiger partial charge in [-0.25, -0.2) is 19.8 Å². The van der Waals surface area contributed by atoms with Gasteiger partial charge in [-0.2, -0.15) is 15.8 Å². The average Bonchev–Trinajstić information content (AvgIpc) is 3.75. The first-order valence-electron chi connectivity index (χ1n) is 22.1. The Hall–Kier alpha value is -10.3. The minimum atomic E-state index is 0.284. The molecule has 2 heterocycles. The number of nitrogens with zero attached hydrogens (tertiary/aromatic N) is 8. The number of hydrogen-bond donors (Lipinski definition) is 0. The Kier molecular flexibility index (Phi) is 10.6. The molecule has 0 aliphatic heterocycles. The van der Waals surface area contributed by atoms with Crippen molar-refractivity contribution in [2.45, 2.75) is 0 Å². The van der Waals surface area contributed by atoms with Crippen LogP contribution >= 0.6 is 0 Å². The van der Waals surface area contributed by atoms with E-state index < -0.39 is 0 Å². The first-order valence-corrected chi connectivity index (χ1v) is 22.1.